The average molecular weight is 372 g/mol. The van der Waals surface area contributed by atoms with E-state index < -0.39 is 6.04 Å². The predicted octanol–water partition coefficient (Wildman–Crippen LogP) is 3.03. The molecule has 1 heterocycles. The van der Waals surface area contributed by atoms with Gasteiger partial charge in [0.1, 0.15) is 12.4 Å². The number of amides is 1. The van der Waals surface area contributed by atoms with Gasteiger partial charge in [0.25, 0.3) is 0 Å². The highest BCUT2D eigenvalue weighted by atomic mass is 35.5. The van der Waals surface area contributed by atoms with E-state index in [0.717, 1.165) is 17.0 Å². The van der Waals surface area contributed by atoms with E-state index in [1.54, 1.807) is 13.1 Å². The average Bonchev–Trinajstić information content (AvgIpc) is 2.54. The lowest BCUT2D eigenvalue weighted by Crippen LogP contribution is -2.39. The van der Waals surface area contributed by atoms with Gasteiger partial charge in [-0.2, -0.15) is 0 Å². The SMILES string of the molecule is CC(NC(=O)[C@@H](C)N)c1cccc(OCc2ccccn2)c1.Cl.Cl. The monoisotopic (exact) mass is 371 g/mol. The molecule has 0 radical (unpaired) electrons. The van der Waals surface area contributed by atoms with Crippen molar-refractivity contribution in [2.45, 2.75) is 32.5 Å². The number of carbonyl (C=O) groups excluding carboxylic acids is 1. The van der Waals surface area contributed by atoms with E-state index in [9.17, 15) is 4.79 Å². The molecule has 24 heavy (non-hydrogen) atoms. The fourth-order valence-electron chi connectivity index (χ4n) is 1.94. The second-order valence-corrected chi connectivity index (χ2v) is 5.20. The summed E-state index contributed by atoms with van der Waals surface area (Å²) in [5.74, 6) is 0.567. The van der Waals surface area contributed by atoms with Crippen LogP contribution in [0.5, 0.6) is 5.75 Å². The largest absolute Gasteiger partial charge is 0.487 e. The summed E-state index contributed by atoms with van der Waals surface area (Å²) in [6, 6.07) is 12.7. The first-order valence-electron chi connectivity index (χ1n) is 7.25. The second-order valence-electron chi connectivity index (χ2n) is 5.20. The summed E-state index contributed by atoms with van der Waals surface area (Å²) in [4.78, 5) is 15.9. The van der Waals surface area contributed by atoms with Crippen LogP contribution in [-0.4, -0.2) is 16.9 Å². The molecule has 0 bridgehead atoms. The summed E-state index contributed by atoms with van der Waals surface area (Å²) < 4.78 is 5.74. The van der Waals surface area contributed by atoms with E-state index in [-0.39, 0.29) is 36.8 Å². The van der Waals surface area contributed by atoms with Crippen molar-refractivity contribution in [2.75, 3.05) is 0 Å². The normalized spacial score (nSPS) is 12.1. The molecule has 132 valence electrons. The van der Waals surface area contributed by atoms with Crippen LogP contribution < -0.4 is 15.8 Å². The maximum absolute atomic E-state index is 11.6. The van der Waals surface area contributed by atoms with Gasteiger partial charge in [-0.05, 0) is 43.7 Å². The van der Waals surface area contributed by atoms with Crippen LogP contribution in [0.4, 0.5) is 0 Å². The van der Waals surface area contributed by atoms with Gasteiger partial charge in [0.2, 0.25) is 5.91 Å². The molecule has 0 aliphatic rings. The van der Waals surface area contributed by atoms with Crippen LogP contribution in [0.2, 0.25) is 0 Å². The Kier molecular flexibility index (Phi) is 10.0. The number of hydrogen-bond donors (Lipinski definition) is 2. The van der Waals surface area contributed by atoms with Crippen LogP contribution in [0.15, 0.2) is 48.7 Å². The molecule has 0 aliphatic carbocycles. The molecular formula is C17H23Cl2N3O2. The minimum atomic E-state index is -0.522. The molecule has 2 aromatic rings. The van der Waals surface area contributed by atoms with Crippen molar-refractivity contribution in [3.8, 4) is 5.75 Å². The summed E-state index contributed by atoms with van der Waals surface area (Å²) in [6.07, 6.45) is 1.74. The quantitative estimate of drug-likeness (QED) is 0.817. The molecule has 0 aliphatic heterocycles. The van der Waals surface area contributed by atoms with Gasteiger partial charge in [-0.3, -0.25) is 9.78 Å². The van der Waals surface area contributed by atoms with Crippen molar-refractivity contribution in [3.63, 3.8) is 0 Å². The molecular weight excluding hydrogens is 349 g/mol. The van der Waals surface area contributed by atoms with Gasteiger partial charge in [-0.25, -0.2) is 0 Å². The van der Waals surface area contributed by atoms with Gasteiger partial charge < -0.3 is 15.8 Å². The van der Waals surface area contributed by atoms with E-state index in [0.29, 0.717) is 6.61 Å². The fourth-order valence-corrected chi connectivity index (χ4v) is 1.94. The standard InChI is InChI=1S/C17H21N3O2.2ClH/c1-12(18)17(21)20-13(2)14-6-5-8-16(10-14)22-11-15-7-3-4-9-19-15;;/h3-10,12-13H,11,18H2,1-2H3,(H,20,21);2*1H/t12-,13?;;/m1../s1. The molecule has 5 nitrogen and oxygen atoms in total. The Hall–Kier alpha value is -1.82. The Morgan fingerprint density at radius 1 is 1.21 bits per heavy atom. The Morgan fingerprint density at radius 2 is 1.96 bits per heavy atom. The van der Waals surface area contributed by atoms with E-state index in [2.05, 4.69) is 10.3 Å². The zero-order valence-electron chi connectivity index (χ0n) is 13.6. The van der Waals surface area contributed by atoms with Crippen molar-refractivity contribution >= 4 is 30.7 Å². The number of pyridine rings is 1. The molecule has 2 rings (SSSR count). The minimum absolute atomic E-state index is 0. The molecule has 1 unspecified atom stereocenters. The Morgan fingerprint density at radius 3 is 2.58 bits per heavy atom. The van der Waals surface area contributed by atoms with Crippen LogP contribution >= 0.6 is 24.8 Å². The molecule has 1 aromatic heterocycles. The summed E-state index contributed by atoms with van der Waals surface area (Å²) in [5, 5.41) is 2.86. The smallest absolute Gasteiger partial charge is 0.237 e. The van der Waals surface area contributed by atoms with Crippen LogP contribution in [0.25, 0.3) is 0 Å². The zero-order chi connectivity index (χ0) is 15.9. The highest BCUT2D eigenvalue weighted by Crippen LogP contribution is 2.20. The van der Waals surface area contributed by atoms with Crippen molar-refractivity contribution in [2.24, 2.45) is 5.73 Å². The molecule has 3 N–H and O–H groups in total. The third kappa shape index (κ3) is 6.74. The molecule has 0 saturated heterocycles. The molecule has 0 fully saturated rings. The first-order valence-corrected chi connectivity index (χ1v) is 7.25. The lowest BCUT2D eigenvalue weighted by molar-refractivity contribution is -0.122. The van der Waals surface area contributed by atoms with Crippen LogP contribution in [0.3, 0.4) is 0 Å². The molecule has 1 aromatic carbocycles. The first-order chi connectivity index (χ1) is 10.6. The lowest BCUT2D eigenvalue weighted by Gasteiger charge is -2.17. The number of benzene rings is 1. The number of ether oxygens (including phenoxy) is 1. The third-order valence-electron chi connectivity index (χ3n) is 3.24. The maximum atomic E-state index is 11.6. The van der Waals surface area contributed by atoms with Gasteiger partial charge in [0.05, 0.1) is 17.8 Å². The van der Waals surface area contributed by atoms with Gasteiger partial charge in [-0.1, -0.05) is 18.2 Å². The number of aromatic nitrogens is 1. The summed E-state index contributed by atoms with van der Waals surface area (Å²) in [5.41, 5.74) is 7.39. The topological polar surface area (TPSA) is 77.2 Å². The predicted molar refractivity (Wildman–Crippen MR) is 99.7 cm³/mol. The summed E-state index contributed by atoms with van der Waals surface area (Å²) in [6.45, 7) is 3.98. The number of carbonyl (C=O) groups is 1. The number of rotatable bonds is 6. The Labute approximate surface area is 154 Å². The van der Waals surface area contributed by atoms with Gasteiger partial charge in [0, 0.05) is 6.20 Å². The van der Waals surface area contributed by atoms with Crippen LogP contribution in [0.1, 0.15) is 31.1 Å². The first kappa shape index (κ1) is 22.2. The van der Waals surface area contributed by atoms with Crippen LogP contribution in [0, 0.1) is 0 Å². The fraction of sp³-hybridized carbons (Fsp3) is 0.294. The zero-order valence-corrected chi connectivity index (χ0v) is 15.3. The van der Waals surface area contributed by atoms with Crippen LogP contribution in [-0.2, 0) is 11.4 Å². The van der Waals surface area contributed by atoms with E-state index in [1.807, 2.05) is 49.4 Å². The number of nitrogens with zero attached hydrogens (tertiary/aromatic N) is 1. The lowest BCUT2D eigenvalue weighted by atomic mass is 10.1. The molecule has 1 amide bonds. The number of nitrogens with one attached hydrogen (secondary N) is 1. The minimum Gasteiger partial charge on any atom is -0.487 e. The summed E-state index contributed by atoms with van der Waals surface area (Å²) >= 11 is 0. The van der Waals surface area contributed by atoms with Crippen molar-refractivity contribution < 1.29 is 9.53 Å². The molecule has 7 heteroatoms. The summed E-state index contributed by atoms with van der Waals surface area (Å²) in [7, 11) is 0. The van der Waals surface area contributed by atoms with Gasteiger partial charge in [-0.15, -0.1) is 24.8 Å². The Bertz CT molecular complexity index is 624. The highest BCUT2D eigenvalue weighted by Gasteiger charge is 2.13. The van der Waals surface area contributed by atoms with Gasteiger partial charge in [0.15, 0.2) is 0 Å². The number of hydrogen-bond acceptors (Lipinski definition) is 4. The second kappa shape index (κ2) is 10.9. The van der Waals surface area contributed by atoms with E-state index in [1.165, 1.54) is 0 Å². The molecule has 2 atom stereocenters. The molecule has 0 spiro atoms. The Balaban J connectivity index is 0.00000264. The van der Waals surface area contributed by atoms with Crippen molar-refractivity contribution in [1.29, 1.82) is 0 Å². The third-order valence-corrected chi connectivity index (χ3v) is 3.24. The van der Waals surface area contributed by atoms with Gasteiger partial charge >= 0.3 is 0 Å². The highest BCUT2D eigenvalue weighted by molar-refractivity contribution is 5.85. The number of nitrogens with two attached hydrogens (primary N) is 1. The maximum Gasteiger partial charge on any atom is 0.237 e. The van der Waals surface area contributed by atoms with E-state index in [4.69, 9.17) is 10.5 Å². The number of halogens is 2. The van der Waals surface area contributed by atoms with E-state index >= 15 is 0 Å². The molecule has 0 saturated carbocycles. The van der Waals surface area contributed by atoms with Crippen molar-refractivity contribution in [1.82, 2.24) is 10.3 Å². The van der Waals surface area contributed by atoms with Crippen molar-refractivity contribution in [3.05, 3.63) is 59.9 Å².